The molecule has 0 atom stereocenters. The van der Waals surface area contributed by atoms with Gasteiger partial charge in [-0.1, -0.05) is 13.8 Å². The lowest BCUT2D eigenvalue weighted by molar-refractivity contribution is 0.587. The van der Waals surface area contributed by atoms with Crippen LogP contribution in [0.5, 0.6) is 0 Å². The molecule has 1 aromatic rings. The van der Waals surface area contributed by atoms with Crippen molar-refractivity contribution in [3.8, 4) is 0 Å². The van der Waals surface area contributed by atoms with E-state index in [-0.39, 0.29) is 0 Å². The van der Waals surface area contributed by atoms with Crippen molar-refractivity contribution in [2.75, 3.05) is 0 Å². The summed E-state index contributed by atoms with van der Waals surface area (Å²) in [5.41, 5.74) is 0. The van der Waals surface area contributed by atoms with Crippen LogP contribution in [0, 0.1) is 6.92 Å². The van der Waals surface area contributed by atoms with E-state index in [4.69, 9.17) is 0 Å². The Hall–Kier alpha value is -0.860. The molecule has 1 rings (SSSR count). The van der Waals surface area contributed by atoms with Gasteiger partial charge < -0.3 is 0 Å². The van der Waals surface area contributed by atoms with E-state index in [2.05, 4.69) is 30.9 Å². The summed E-state index contributed by atoms with van der Waals surface area (Å²) < 4.78 is 1.96. The average Bonchev–Trinajstić information content (AvgIpc) is 2.30. The van der Waals surface area contributed by atoms with E-state index < -0.39 is 0 Å². The van der Waals surface area contributed by atoms with Crippen LogP contribution in [0.4, 0.5) is 0 Å². The largest absolute Gasteiger partial charge is 0.250 e. The molecule has 0 N–H and O–H groups in total. The number of hydrogen-bond acceptors (Lipinski definition) is 2. The third-order valence-electron chi connectivity index (χ3n) is 1.62. The van der Waals surface area contributed by atoms with Crippen molar-refractivity contribution >= 4 is 0 Å². The predicted molar refractivity (Wildman–Crippen MR) is 44.5 cm³/mol. The molecule has 0 unspecified atom stereocenters. The second-order valence-corrected chi connectivity index (χ2v) is 2.99. The van der Waals surface area contributed by atoms with E-state index >= 15 is 0 Å². The van der Waals surface area contributed by atoms with E-state index in [0.717, 1.165) is 18.2 Å². The van der Waals surface area contributed by atoms with E-state index in [1.807, 2.05) is 11.6 Å². The maximum atomic E-state index is 4.33. The standard InChI is InChI=1S/C8H15N3/c1-5-11-8(6(2)3)9-7(4)10-11/h6H,5H2,1-4H3. The minimum Gasteiger partial charge on any atom is -0.250 e. The van der Waals surface area contributed by atoms with Crippen LogP contribution in [0.3, 0.4) is 0 Å². The van der Waals surface area contributed by atoms with Crippen molar-refractivity contribution in [1.82, 2.24) is 14.8 Å². The van der Waals surface area contributed by atoms with Crippen molar-refractivity contribution in [3.05, 3.63) is 11.6 Å². The Morgan fingerprint density at radius 1 is 1.45 bits per heavy atom. The fraction of sp³-hybridized carbons (Fsp3) is 0.750. The Balaban J connectivity index is 3.02. The number of aromatic nitrogens is 3. The molecule has 0 aromatic carbocycles. The van der Waals surface area contributed by atoms with Crippen LogP contribution >= 0.6 is 0 Å². The molecule has 0 saturated heterocycles. The summed E-state index contributed by atoms with van der Waals surface area (Å²) in [6.45, 7) is 9.19. The van der Waals surface area contributed by atoms with Crippen LogP contribution in [0.25, 0.3) is 0 Å². The lowest BCUT2D eigenvalue weighted by atomic mass is 10.2. The molecule has 0 radical (unpaired) electrons. The summed E-state index contributed by atoms with van der Waals surface area (Å²) >= 11 is 0. The first kappa shape index (κ1) is 8.24. The Bertz CT molecular complexity index is 237. The zero-order valence-electron chi connectivity index (χ0n) is 7.63. The normalized spacial score (nSPS) is 11.0. The average molecular weight is 153 g/mol. The Morgan fingerprint density at radius 2 is 2.09 bits per heavy atom. The Morgan fingerprint density at radius 3 is 2.45 bits per heavy atom. The van der Waals surface area contributed by atoms with Crippen LogP contribution in [-0.2, 0) is 6.54 Å². The van der Waals surface area contributed by atoms with Crippen LogP contribution in [0.2, 0.25) is 0 Å². The van der Waals surface area contributed by atoms with Gasteiger partial charge in [0.1, 0.15) is 11.6 Å². The molecule has 0 saturated carbocycles. The van der Waals surface area contributed by atoms with Gasteiger partial charge in [-0.05, 0) is 13.8 Å². The first-order valence-corrected chi connectivity index (χ1v) is 4.06. The highest BCUT2D eigenvalue weighted by Crippen LogP contribution is 2.10. The summed E-state index contributed by atoms with van der Waals surface area (Å²) in [5, 5.41) is 4.26. The van der Waals surface area contributed by atoms with E-state index in [9.17, 15) is 0 Å². The van der Waals surface area contributed by atoms with Gasteiger partial charge in [0.25, 0.3) is 0 Å². The van der Waals surface area contributed by atoms with Gasteiger partial charge in [0.05, 0.1) is 0 Å². The van der Waals surface area contributed by atoms with Gasteiger partial charge in [0.15, 0.2) is 0 Å². The van der Waals surface area contributed by atoms with Crippen molar-refractivity contribution in [2.45, 2.75) is 40.2 Å². The lowest BCUT2D eigenvalue weighted by Crippen LogP contribution is -2.04. The van der Waals surface area contributed by atoms with E-state index in [1.54, 1.807) is 0 Å². The van der Waals surface area contributed by atoms with Gasteiger partial charge in [-0.25, -0.2) is 9.67 Å². The third kappa shape index (κ3) is 1.59. The number of rotatable bonds is 2. The molecule has 3 heteroatoms. The smallest absolute Gasteiger partial charge is 0.147 e. The first-order valence-electron chi connectivity index (χ1n) is 4.06. The second kappa shape index (κ2) is 3.03. The van der Waals surface area contributed by atoms with Crippen molar-refractivity contribution in [3.63, 3.8) is 0 Å². The minimum absolute atomic E-state index is 0.469. The van der Waals surface area contributed by atoms with E-state index in [0.29, 0.717) is 5.92 Å². The summed E-state index contributed by atoms with van der Waals surface area (Å²) in [4.78, 5) is 4.33. The third-order valence-corrected chi connectivity index (χ3v) is 1.62. The summed E-state index contributed by atoms with van der Waals surface area (Å²) in [7, 11) is 0. The van der Waals surface area contributed by atoms with E-state index in [1.165, 1.54) is 0 Å². The van der Waals surface area contributed by atoms with Crippen LogP contribution in [-0.4, -0.2) is 14.8 Å². The molecular formula is C8H15N3. The van der Waals surface area contributed by atoms with Crippen molar-refractivity contribution in [2.24, 2.45) is 0 Å². The zero-order chi connectivity index (χ0) is 8.43. The maximum absolute atomic E-state index is 4.33. The lowest BCUT2D eigenvalue weighted by Gasteiger charge is -2.04. The molecular weight excluding hydrogens is 138 g/mol. The maximum Gasteiger partial charge on any atom is 0.147 e. The van der Waals surface area contributed by atoms with Gasteiger partial charge in [0, 0.05) is 12.5 Å². The molecule has 0 bridgehead atoms. The van der Waals surface area contributed by atoms with Gasteiger partial charge in [-0.2, -0.15) is 5.10 Å². The number of nitrogens with zero attached hydrogens (tertiary/aromatic N) is 3. The highest BCUT2D eigenvalue weighted by atomic mass is 15.3. The van der Waals surface area contributed by atoms with Gasteiger partial charge in [-0.3, -0.25) is 0 Å². The highest BCUT2D eigenvalue weighted by molar-refractivity contribution is 4.95. The summed E-state index contributed by atoms with van der Waals surface area (Å²) in [5.74, 6) is 2.43. The number of aryl methyl sites for hydroxylation is 2. The first-order chi connectivity index (χ1) is 5.15. The highest BCUT2D eigenvalue weighted by Gasteiger charge is 2.08. The molecule has 3 nitrogen and oxygen atoms in total. The Kier molecular flexibility index (Phi) is 2.27. The topological polar surface area (TPSA) is 30.7 Å². The minimum atomic E-state index is 0.469. The molecule has 0 fully saturated rings. The monoisotopic (exact) mass is 153 g/mol. The van der Waals surface area contributed by atoms with Crippen LogP contribution < -0.4 is 0 Å². The quantitative estimate of drug-likeness (QED) is 0.647. The molecule has 0 spiro atoms. The SMILES string of the molecule is CCn1nc(C)nc1C(C)C. The fourth-order valence-corrected chi connectivity index (χ4v) is 1.13. The second-order valence-electron chi connectivity index (χ2n) is 2.99. The van der Waals surface area contributed by atoms with Gasteiger partial charge >= 0.3 is 0 Å². The predicted octanol–water partition coefficient (Wildman–Crippen LogP) is 1.73. The molecule has 0 aliphatic rings. The molecule has 11 heavy (non-hydrogen) atoms. The fourth-order valence-electron chi connectivity index (χ4n) is 1.13. The van der Waals surface area contributed by atoms with Crippen LogP contribution in [0.15, 0.2) is 0 Å². The summed E-state index contributed by atoms with van der Waals surface area (Å²) in [6, 6.07) is 0. The molecule has 1 aromatic heterocycles. The van der Waals surface area contributed by atoms with Crippen LogP contribution in [0.1, 0.15) is 38.3 Å². The molecule has 0 aliphatic heterocycles. The molecule has 1 heterocycles. The molecule has 0 aliphatic carbocycles. The molecule has 62 valence electrons. The Labute approximate surface area is 67.4 Å². The van der Waals surface area contributed by atoms with Gasteiger partial charge in [0.2, 0.25) is 0 Å². The van der Waals surface area contributed by atoms with Crippen molar-refractivity contribution < 1.29 is 0 Å². The van der Waals surface area contributed by atoms with Gasteiger partial charge in [-0.15, -0.1) is 0 Å². The number of hydrogen-bond donors (Lipinski definition) is 0. The molecule has 0 amide bonds. The summed E-state index contributed by atoms with van der Waals surface area (Å²) in [6.07, 6.45) is 0. The van der Waals surface area contributed by atoms with Crippen molar-refractivity contribution in [1.29, 1.82) is 0 Å². The zero-order valence-corrected chi connectivity index (χ0v) is 7.63.